The molecule has 0 bridgehead atoms. The lowest BCUT2D eigenvalue weighted by Gasteiger charge is -2.41. The van der Waals surface area contributed by atoms with Crippen molar-refractivity contribution in [3.8, 4) is 0 Å². The Labute approximate surface area is 195 Å². The molecule has 178 valence electrons. The number of aliphatic imine (C=N–C) groups is 1. The summed E-state index contributed by atoms with van der Waals surface area (Å²) in [6.07, 6.45) is 4.50. The predicted octanol–water partition coefficient (Wildman–Crippen LogP) is 2.60. The van der Waals surface area contributed by atoms with Crippen LogP contribution in [0.25, 0.3) is 0 Å². The van der Waals surface area contributed by atoms with Crippen LogP contribution in [0.5, 0.6) is 0 Å². The van der Waals surface area contributed by atoms with Crippen LogP contribution in [0.3, 0.4) is 0 Å². The molecule has 30 heavy (non-hydrogen) atoms. The van der Waals surface area contributed by atoms with Gasteiger partial charge in [0, 0.05) is 38.8 Å². The molecule has 2 aliphatic heterocycles. The Morgan fingerprint density at radius 1 is 1.03 bits per heavy atom. The zero-order valence-corrected chi connectivity index (χ0v) is 21.1. The van der Waals surface area contributed by atoms with Crippen LogP contribution < -0.4 is 10.6 Å². The van der Waals surface area contributed by atoms with Gasteiger partial charge in [-0.3, -0.25) is 9.89 Å². The van der Waals surface area contributed by atoms with E-state index in [9.17, 15) is 21.6 Å². The Morgan fingerprint density at radius 2 is 1.60 bits per heavy atom. The first kappa shape index (κ1) is 27.7. The van der Waals surface area contributed by atoms with Crippen LogP contribution in [0.4, 0.5) is 13.2 Å². The van der Waals surface area contributed by atoms with Crippen molar-refractivity contribution >= 4 is 40.0 Å². The third-order valence-electron chi connectivity index (χ3n) is 5.89. The number of sulfonamides is 1. The molecule has 2 rings (SSSR count). The summed E-state index contributed by atoms with van der Waals surface area (Å²) in [5, 5.41) is 6.57. The summed E-state index contributed by atoms with van der Waals surface area (Å²) >= 11 is 0. The minimum absolute atomic E-state index is 0. The third kappa shape index (κ3) is 7.37. The SMILES string of the molecule is CN=C(NCC1CCN(S(=O)(=O)C(F)(F)F)CC1)NCC(C)(C)N1CCCCC1.I. The standard InChI is InChI=1S/C18H34F3N5O2S.HI/c1-17(2,25-9-5-4-6-10-25)14-24-16(22-3)23-13-15-7-11-26(12-8-15)29(27,28)18(19,20)21;/h15H,4-14H2,1-3H3,(H2,22,23,24);1H. The van der Waals surface area contributed by atoms with Crippen LogP contribution in [0.2, 0.25) is 0 Å². The first-order valence-corrected chi connectivity index (χ1v) is 11.7. The number of hydrogen-bond acceptors (Lipinski definition) is 4. The molecule has 0 aromatic heterocycles. The zero-order valence-electron chi connectivity index (χ0n) is 18.0. The maximum absolute atomic E-state index is 12.7. The van der Waals surface area contributed by atoms with Gasteiger partial charge in [-0.25, -0.2) is 8.42 Å². The summed E-state index contributed by atoms with van der Waals surface area (Å²) in [6, 6.07) is 0. The van der Waals surface area contributed by atoms with Gasteiger partial charge < -0.3 is 10.6 Å². The van der Waals surface area contributed by atoms with E-state index in [0.29, 0.717) is 29.7 Å². The Kier molecular flexibility index (Phi) is 10.6. The van der Waals surface area contributed by atoms with Gasteiger partial charge in [0.15, 0.2) is 5.96 Å². The van der Waals surface area contributed by atoms with E-state index in [0.717, 1.165) is 19.6 Å². The Morgan fingerprint density at radius 3 is 2.10 bits per heavy atom. The average Bonchev–Trinajstić information content (AvgIpc) is 2.68. The summed E-state index contributed by atoms with van der Waals surface area (Å²) < 4.78 is 61.5. The summed E-state index contributed by atoms with van der Waals surface area (Å²) in [4.78, 5) is 6.71. The molecule has 2 N–H and O–H groups in total. The highest BCUT2D eigenvalue weighted by Crippen LogP contribution is 2.30. The quantitative estimate of drug-likeness (QED) is 0.292. The predicted molar refractivity (Wildman–Crippen MR) is 124 cm³/mol. The minimum atomic E-state index is -5.23. The molecular weight excluding hydrogens is 534 g/mol. The second-order valence-electron chi connectivity index (χ2n) is 8.46. The second kappa shape index (κ2) is 11.5. The number of hydrogen-bond donors (Lipinski definition) is 2. The monoisotopic (exact) mass is 569 g/mol. The van der Waals surface area contributed by atoms with E-state index < -0.39 is 15.5 Å². The first-order chi connectivity index (χ1) is 13.5. The van der Waals surface area contributed by atoms with Gasteiger partial charge in [-0.05, 0) is 58.5 Å². The van der Waals surface area contributed by atoms with Crippen LogP contribution in [-0.4, -0.2) is 80.9 Å². The molecule has 0 amide bonds. The molecule has 0 atom stereocenters. The number of alkyl halides is 3. The van der Waals surface area contributed by atoms with E-state index in [1.54, 1.807) is 7.05 Å². The number of nitrogens with zero attached hydrogens (tertiary/aromatic N) is 3. The Bertz CT molecular complexity index is 659. The van der Waals surface area contributed by atoms with Gasteiger partial charge in [-0.2, -0.15) is 17.5 Å². The molecule has 0 spiro atoms. The van der Waals surface area contributed by atoms with Crippen LogP contribution in [0, 0.1) is 5.92 Å². The van der Waals surface area contributed by atoms with Crippen LogP contribution in [-0.2, 0) is 10.0 Å². The lowest BCUT2D eigenvalue weighted by Crippen LogP contribution is -2.55. The minimum Gasteiger partial charge on any atom is -0.356 e. The first-order valence-electron chi connectivity index (χ1n) is 10.2. The van der Waals surface area contributed by atoms with Crippen molar-refractivity contribution in [3.63, 3.8) is 0 Å². The maximum Gasteiger partial charge on any atom is 0.511 e. The number of guanidine groups is 1. The molecule has 0 unspecified atom stereocenters. The van der Waals surface area contributed by atoms with E-state index in [2.05, 4.69) is 34.4 Å². The van der Waals surface area contributed by atoms with Crippen molar-refractivity contribution in [2.45, 2.75) is 57.0 Å². The molecule has 2 aliphatic rings. The topological polar surface area (TPSA) is 77.0 Å². The second-order valence-corrected chi connectivity index (χ2v) is 10.4. The van der Waals surface area contributed by atoms with Crippen molar-refractivity contribution in [2.24, 2.45) is 10.9 Å². The Hall–Kier alpha value is -0.340. The largest absolute Gasteiger partial charge is 0.511 e. The van der Waals surface area contributed by atoms with Crippen LogP contribution in [0.15, 0.2) is 4.99 Å². The van der Waals surface area contributed by atoms with Gasteiger partial charge in [0.2, 0.25) is 0 Å². The lowest BCUT2D eigenvalue weighted by atomic mass is 9.98. The summed E-state index contributed by atoms with van der Waals surface area (Å²) in [5.41, 5.74) is -5.24. The van der Waals surface area contributed by atoms with E-state index >= 15 is 0 Å². The van der Waals surface area contributed by atoms with Gasteiger partial charge >= 0.3 is 15.5 Å². The van der Waals surface area contributed by atoms with Crippen LogP contribution >= 0.6 is 24.0 Å². The smallest absolute Gasteiger partial charge is 0.356 e. The van der Waals surface area contributed by atoms with E-state index in [4.69, 9.17) is 0 Å². The highest BCUT2D eigenvalue weighted by molar-refractivity contribution is 14.0. The summed E-state index contributed by atoms with van der Waals surface area (Å²) in [6.45, 7) is 7.66. The number of piperidine rings is 2. The highest BCUT2D eigenvalue weighted by Gasteiger charge is 2.50. The van der Waals surface area contributed by atoms with E-state index in [1.165, 1.54) is 19.3 Å². The van der Waals surface area contributed by atoms with Crippen molar-refractivity contribution in [2.75, 3.05) is 46.3 Å². The summed E-state index contributed by atoms with van der Waals surface area (Å²) in [5.74, 6) is 0.753. The fourth-order valence-corrected chi connectivity index (χ4v) is 4.86. The maximum atomic E-state index is 12.7. The van der Waals surface area contributed by atoms with Crippen molar-refractivity contribution < 1.29 is 21.6 Å². The Balaban J connectivity index is 0.00000450. The fourth-order valence-electron chi connectivity index (χ4n) is 3.87. The van der Waals surface area contributed by atoms with Gasteiger partial charge in [0.05, 0.1) is 0 Å². The number of rotatable bonds is 6. The van der Waals surface area contributed by atoms with Crippen LogP contribution in [0.1, 0.15) is 46.0 Å². The van der Waals surface area contributed by atoms with Crippen molar-refractivity contribution in [1.29, 1.82) is 0 Å². The van der Waals surface area contributed by atoms with Gasteiger partial charge in [-0.15, -0.1) is 24.0 Å². The molecule has 0 saturated carbocycles. The van der Waals surface area contributed by atoms with Crippen molar-refractivity contribution in [3.05, 3.63) is 0 Å². The van der Waals surface area contributed by atoms with Gasteiger partial charge in [0.1, 0.15) is 0 Å². The molecule has 0 aliphatic carbocycles. The van der Waals surface area contributed by atoms with E-state index in [1.807, 2.05) is 0 Å². The number of halogens is 4. The molecule has 0 aromatic carbocycles. The molecule has 7 nitrogen and oxygen atoms in total. The fraction of sp³-hybridized carbons (Fsp3) is 0.944. The van der Waals surface area contributed by atoms with Crippen molar-refractivity contribution in [1.82, 2.24) is 19.8 Å². The molecule has 2 fully saturated rings. The molecule has 12 heteroatoms. The zero-order chi connectivity index (χ0) is 21.7. The summed E-state index contributed by atoms with van der Waals surface area (Å²) in [7, 11) is -3.54. The van der Waals surface area contributed by atoms with Gasteiger partial charge in [-0.1, -0.05) is 6.42 Å². The number of likely N-dealkylation sites (tertiary alicyclic amines) is 1. The van der Waals surface area contributed by atoms with Gasteiger partial charge in [0.25, 0.3) is 0 Å². The molecule has 0 aromatic rings. The highest BCUT2D eigenvalue weighted by atomic mass is 127. The third-order valence-corrected chi connectivity index (χ3v) is 7.52. The lowest BCUT2D eigenvalue weighted by molar-refractivity contribution is -0.0496. The average molecular weight is 569 g/mol. The molecule has 2 saturated heterocycles. The normalized spacial score (nSPS) is 21.2. The van der Waals surface area contributed by atoms with E-state index in [-0.39, 0.29) is 48.5 Å². The molecular formula is C18H35F3IN5O2S. The molecule has 2 heterocycles. The number of nitrogens with one attached hydrogen (secondary N) is 2. The molecule has 0 radical (unpaired) electrons.